The molecular weight excluding hydrogens is 360 g/mol. The maximum atomic E-state index is 12.5. The number of quaternary nitrogens is 1. The van der Waals surface area contributed by atoms with E-state index in [0.717, 1.165) is 62.0 Å². The summed E-state index contributed by atoms with van der Waals surface area (Å²) in [6.45, 7) is 3.85. The van der Waals surface area contributed by atoms with Gasteiger partial charge in [-0.15, -0.1) is 11.3 Å². The third-order valence-corrected chi connectivity index (χ3v) is 6.46. The lowest BCUT2D eigenvalue weighted by Crippen LogP contribution is -3.15. The van der Waals surface area contributed by atoms with Crippen molar-refractivity contribution in [1.82, 2.24) is 9.97 Å². The highest BCUT2D eigenvalue weighted by Crippen LogP contribution is 2.37. The topological polar surface area (TPSA) is 86.4 Å². The van der Waals surface area contributed by atoms with E-state index in [1.54, 1.807) is 23.7 Å². The van der Waals surface area contributed by atoms with Crippen LogP contribution in [0.5, 0.6) is 0 Å². The third-order valence-electron chi connectivity index (χ3n) is 5.25. The van der Waals surface area contributed by atoms with Gasteiger partial charge in [-0.2, -0.15) is 5.26 Å². The van der Waals surface area contributed by atoms with E-state index in [9.17, 15) is 10.1 Å². The SMILES string of the molecule is N#Cc1c(NC(=O)C[NH+]2CCN(c3ncccn3)CC2)sc2c1CCCC2. The van der Waals surface area contributed by atoms with E-state index in [-0.39, 0.29) is 5.91 Å². The van der Waals surface area contributed by atoms with Gasteiger partial charge in [0.1, 0.15) is 11.1 Å². The Morgan fingerprint density at radius 3 is 2.74 bits per heavy atom. The third kappa shape index (κ3) is 3.94. The molecule has 2 N–H and O–H groups in total. The van der Waals surface area contributed by atoms with Crippen LogP contribution in [0.25, 0.3) is 0 Å². The van der Waals surface area contributed by atoms with Crippen molar-refractivity contribution in [3.8, 4) is 6.07 Å². The summed E-state index contributed by atoms with van der Waals surface area (Å²) >= 11 is 1.59. The fourth-order valence-electron chi connectivity index (χ4n) is 3.82. The van der Waals surface area contributed by atoms with Crippen LogP contribution in [-0.2, 0) is 17.6 Å². The number of amides is 1. The number of rotatable bonds is 4. The van der Waals surface area contributed by atoms with Crippen molar-refractivity contribution in [3.05, 3.63) is 34.5 Å². The zero-order valence-corrected chi connectivity index (χ0v) is 16.0. The predicted octanol–water partition coefficient (Wildman–Crippen LogP) is 0.632. The Bertz CT molecular complexity index is 851. The van der Waals surface area contributed by atoms with E-state index >= 15 is 0 Å². The highest BCUT2D eigenvalue weighted by molar-refractivity contribution is 7.16. The van der Waals surface area contributed by atoms with Crippen LogP contribution in [0, 0.1) is 11.3 Å². The summed E-state index contributed by atoms with van der Waals surface area (Å²) in [5, 5.41) is 13.3. The second-order valence-corrected chi connectivity index (χ2v) is 8.14. The molecule has 1 amide bonds. The Morgan fingerprint density at radius 2 is 2.00 bits per heavy atom. The Balaban J connectivity index is 1.33. The number of aryl methyl sites for hydroxylation is 1. The number of nitrogens with one attached hydrogen (secondary N) is 2. The van der Waals surface area contributed by atoms with Gasteiger partial charge in [0.25, 0.3) is 5.91 Å². The molecule has 0 atom stereocenters. The molecule has 140 valence electrons. The molecule has 8 heteroatoms. The number of anilines is 2. The maximum absolute atomic E-state index is 12.5. The minimum atomic E-state index is -0.00971. The van der Waals surface area contributed by atoms with Crippen molar-refractivity contribution in [2.45, 2.75) is 25.7 Å². The van der Waals surface area contributed by atoms with Crippen LogP contribution in [-0.4, -0.2) is 48.6 Å². The molecule has 0 aromatic carbocycles. The van der Waals surface area contributed by atoms with Crippen LogP contribution in [0.1, 0.15) is 28.8 Å². The van der Waals surface area contributed by atoms with E-state index in [0.29, 0.717) is 12.1 Å². The smallest absolute Gasteiger partial charge is 0.280 e. The number of hydrogen-bond acceptors (Lipinski definition) is 6. The molecule has 0 saturated carbocycles. The Hall–Kier alpha value is -2.50. The van der Waals surface area contributed by atoms with E-state index in [1.165, 1.54) is 16.2 Å². The molecule has 1 aliphatic heterocycles. The normalized spacial score (nSPS) is 17.2. The minimum Gasteiger partial charge on any atom is -0.330 e. The molecule has 27 heavy (non-hydrogen) atoms. The number of carbonyl (C=O) groups excluding carboxylic acids is 1. The first-order chi connectivity index (χ1) is 13.2. The van der Waals surface area contributed by atoms with Gasteiger partial charge >= 0.3 is 0 Å². The zero-order valence-electron chi connectivity index (χ0n) is 15.2. The Morgan fingerprint density at radius 1 is 1.26 bits per heavy atom. The molecule has 0 bridgehead atoms. The molecule has 4 rings (SSSR count). The molecule has 7 nitrogen and oxygen atoms in total. The molecule has 0 unspecified atom stereocenters. The lowest BCUT2D eigenvalue weighted by Gasteiger charge is -2.31. The van der Waals surface area contributed by atoms with Gasteiger partial charge in [0, 0.05) is 17.3 Å². The Kier molecular flexibility index (Phi) is 5.32. The summed E-state index contributed by atoms with van der Waals surface area (Å²) in [6, 6.07) is 4.12. The maximum Gasteiger partial charge on any atom is 0.280 e. The second kappa shape index (κ2) is 8.03. The van der Waals surface area contributed by atoms with Crippen molar-refractivity contribution in [2.24, 2.45) is 0 Å². The van der Waals surface area contributed by atoms with Gasteiger partial charge in [-0.3, -0.25) is 4.79 Å². The van der Waals surface area contributed by atoms with Crippen molar-refractivity contribution < 1.29 is 9.69 Å². The first-order valence-corrected chi connectivity index (χ1v) is 10.3. The fourth-order valence-corrected chi connectivity index (χ4v) is 5.08. The molecule has 1 fully saturated rings. The van der Waals surface area contributed by atoms with Crippen molar-refractivity contribution in [3.63, 3.8) is 0 Å². The highest BCUT2D eigenvalue weighted by atomic mass is 32.1. The predicted molar refractivity (Wildman–Crippen MR) is 104 cm³/mol. The van der Waals surface area contributed by atoms with E-state index in [2.05, 4.69) is 26.3 Å². The van der Waals surface area contributed by atoms with Gasteiger partial charge in [-0.05, 0) is 37.3 Å². The van der Waals surface area contributed by atoms with E-state index in [4.69, 9.17) is 0 Å². The quantitative estimate of drug-likeness (QED) is 0.809. The van der Waals surface area contributed by atoms with Gasteiger partial charge in [-0.25, -0.2) is 9.97 Å². The number of piperazine rings is 1. The molecule has 2 aliphatic rings. The standard InChI is InChI=1S/C19H22N6OS/c20-12-15-14-4-1-2-5-16(14)27-18(15)23-17(26)13-24-8-10-25(11-9-24)19-21-6-3-7-22-19/h3,6-7H,1-2,4-5,8-11,13H2,(H,23,26)/p+1. The molecule has 1 aliphatic carbocycles. The summed E-state index contributed by atoms with van der Waals surface area (Å²) in [6.07, 6.45) is 7.79. The largest absolute Gasteiger partial charge is 0.330 e. The molecule has 0 spiro atoms. The first kappa shape index (κ1) is 17.9. The zero-order chi connectivity index (χ0) is 18.6. The number of nitrogens with zero attached hydrogens (tertiary/aromatic N) is 4. The number of carbonyl (C=O) groups is 1. The van der Waals surface area contributed by atoms with Gasteiger partial charge in [0.15, 0.2) is 6.54 Å². The fraction of sp³-hybridized carbons (Fsp3) is 0.474. The summed E-state index contributed by atoms with van der Waals surface area (Å²) in [5.74, 6) is 0.744. The van der Waals surface area contributed by atoms with Gasteiger partial charge in [0.2, 0.25) is 5.95 Å². The average Bonchev–Trinajstić information content (AvgIpc) is 3.06. The van der Waals surface area contributed by atoms with Crippen LogP contribution in [0.15, 0.2) is 18.5 Å². The van der Waals surface area contributed by atoms with Gasteiger partial charge in [0.05, 0.1) is 31.7 Å². The molecule has 2 aromatic rings. The Labute approximate surface area is 162 Å². The monoisotopic (exact) mass is 383 g/mol. The number of thiophene rings is 1. The summed E-state index contributed by atoms with van der Waals surface area (Å²) in [4.78, 5) is 25.8. The van der Waals surface area contributed by atoms with Crippen LogP contribution >= 0.6 is 11.3 Å². The van der Waals surface area contributed by atoms with Crippen LogP contribution in [0.2, 0.25) is 0 Å². The number of nitriles is 1. The highest BCUT2D eigenvalue weighted by Gasteiger charge is 2.26. The average molecular weight is 384 g/mol. The first-order valence-electron chi connectivity index (χ1n) is 9.44. The number of aromatic nitrogens is 2. The summed E-state index contributed by atoms with van der Waals surface area (Å²) in [5.41, 5.74) is 1.84. The molecule has 0 radical (unpaired) electrons. The van der Waals surface area contributed by atoms with Crippen molar-refractivity contribution in [1.29, 1.82) is 5.26 Å². The summed E-state index contributed by atoms with van der Waals surface area (Å²) < 4.78 is 0. The van der Waals surface area contributed by atoms with Gasteiger partial charge in [-0.1, -0.05) is 0 Å². The van der Waals surface area contributed by atoms with Crippen molar-refractivity contribution in [2.75, 3.05) is 42.9 Å². The van der Waals surface area contributed by atoms with Crippen LogP contribution in [0.4, 0.5) is 10.9 Å². The second-order valence-electron chi connectivity index (χ2n) is 7.04. The van der Waals surface area contributed by atoms with Crippen LogP contribution in [0.3, 0.4) is 0 Å². The minimum absolute atomic E-state index is 0.00971. The lowest BCUT2D eigenvalue weighted by atomic mass is 9.96. The lowest BCUT2D eigenvalue weighted by molar-refractivity contribution is -0.892. The van der Waals surface area contributed by atoms with E-state index in [1.807, 2.05) is 6.07 Å². The van der Waals surface area contributed by atoms with Gasteiger partial charge < -0.3 is 15.1 Å². The molecule has 2 aromatic heterocycles. The van der Waals surface area contributed by atoms with Crippen LogP contribution < -0.4 is 15.1 Å². The molecule has 1 saturated heterocycles. The van der Waals surface area contributed by atoms with E-state index < -0.39 is 0 Å². The molecular formula is C19H23N6OS+. The number of fused-ring (bicyclic) bond motifs is 1. The summed E-state index contributed by atoms with van der Waals surface area (Å²) in [7, 11) is 0. The van der Waals surface area contributed by atoms with Crippen molar-refractivity contribution >= 4 is 28.2 Å². The number of hydrogen-bond donors (Lipinski definition) is 2. The molecule has 3 heterocycles.